The van der Waals surface area contributed by atoms with Crippen molar-refractivity contribution in [2.75, 3.05) is 5.32 Å². The maximum Gasteiger partial charge on any atom is 0.331 e. The fraction of sp³-hybridized carbons (Fsp3) is 0.481. The van der Waals surface area contributed by atoms with Crippen LogP contribution in [0.2, 0.25) is 0 Å². The smallest absolute Gasteiger partial charge is 0.331 e. The lowest BCUT2D eigenvalue weighted by molar-refractivity contribution is -0.132. The minimum atomic E-state index is -0.906. The van der Waals surface area contributed by atoms with Gasteiger partial charge in [-0.3, -0.25) is 4.79 Å². The van der Waals surface area contributed by atoms with Crippen molar-refractivity contribution >= 4 is 23.1 Å². The van der Waals surface area contributed by atoms with Crippen LogP contribution >= 0.6 is 0 Å². The Bertz CT molecular complexity index is 1010. The van der Waals surface area contributed by atoms with Gasteiger partial charge in [0.25, 0.3) is 0 Å². The molecule has 0 aromatic heterocycles. The van der Waals surface area contributed by atoms with Gasteiger partial charge in [-0.15, -0.1) is 0 Å². The number of rotatable bonds is 4. The van der Waals surface area contributed by atoms with Crippen molar-refractivity contribution < 1.29 is 14.7 Å². The van der Waals surface area contributed by atoms with Crippen molar-refractivity contribution in [3.63, 3.8) is 0 Å². The number of hydrogen-bond acceptors (Lipinski definition) is 2. The average molecular weight is 422 g/mol. The number of carboxylic acid groups (broad SMARTS) is 1. The standard InChI is InChI=1S/C27H35NO3/c1-17(25(30)31)10-7-8-11-19-12-9-13-20-21(19)16-22-23(24(20)28-18(2)29)27(5,6)15-14-26(22,3)4/h7-8,10-11,16H,9,12-15H2,1-6H3,(H,28,29)(H,30,31)/b8-7?,17-10?,19-11-. The van der Waals surface area contributed by atoms with Crippen molar-refractivity contribution in [2.24, 2.45) is 0 Å². The molecule has 0 radical (unpaired) electrons. The van der Waals surface area contributed by atoms with E-state index >= 15 is 0 Å². The third-order valence-corrected chi connectivity index (χ3v) is 6.83. The van der Waals surface area contributed by atoms with E-state index in [4.69, 9.17) is 5.11 Å². The van der Waals surface area contributed by atoms with E-state index in [0.29, 0.717) is 5.57 Å². The molecule has 2 N–H and O–H groups in total. The highest BCUT2D eigenvalue weighted by Gasteiger charge is 2.41. The number of carboxylic acids is 1. The molecule has 0 bridgehead atoms. The summed E-state index contributed by atoms with van der Waals surface area (Å²) in [6.45, 7) is 12.4. The largest absolute Gasteiger partial charge is 0.478 e. The van der Waals surface area contributed by atoms with Crippen LogP contribution in [0.3, 0.4) is 0 Å². The van der Waals surface area contributed by atoms with Gasteiger partial charge in [0.05, 0.1) is 0 Å². The zero-order valence-electron chi connectivity index (χ0n) is 19.7. The molecule has 1 amide bonds. The first-order chi connectivity index (χ1) is 14.4. The van der Waals surface area contributed by atoms with Gasteiger partial charge in [-0.05, 0) is 77.7 Å². The van der Waals surface area contributed by atoms with Gasteiger partial charge in [-0.1, -0.05) is 58.1 Å². The number of anilines is 1. The topological polar surface area (TPSA) is 66.4 Å². The molecule has 166 valence electrons. The molecule has 2 aliphatic rings. The summed E-state index contributed by atoms with van der Waals surface area (Å²) >= 11 is 0. The highest BCUT2D eigenvalue weighted by Crippen LogP contribution is 2.52. The van der Waals surface area contributed by atoms with E-state index in [9.17, 15) is 9.59 Å². The molecule has 0 saturated heterocycles. The van der Waals surface area contributed by atoms with Crippen LogP contribution in [-0.2, 0) is 26.8 Å². The van der Waals surface area contributed by atoms with E-state index in [1.165, 1.54) is 27.8 Å². The Morgan fingerprint density at radius 1 is 1.03 bits per heavy atom. The van der Waals surface area contributed by atoms with E-state index in [1.54, 1.807) is 26.0 Å². The van der Waals surface area contributed by atoms with Gasteiger partial charge in [-0.25, -0.2) is 4.79 Å². The van der Waals surface area contributed by atoms with Crippen molar-refractivity contribution in [3.8, 4) is 0 Å². The molecule has 31 heavy (non-hydrogen) atoms. The third kappa shape index (κ3) is 4.68. The lowest BCUT2D eigenvalue weighted by Gasteiger charge is -2.44. The molecule has 0 heterocycles. The van der Waals surface area contributed by atoms with E-state index in [2.05, 4.69) is 45.2 Å². The van der Waals surface area contributed by atoms with Crippen molar-refractivity contribution in [1.82, 2.24) is 0 Å². The Morgan fingerprint density at radius 3 is 2.35 bits per heavy atom. The second kappa shape index (κ2) is 8.49. The first-order valence-corrected chi connectivity index (χ1v) is 11.2. The fourth-order valence-corrected chi connectivity index (χ4v) is 4.91. The average Bonchev–Trinajstić information content (AvgIpc) is 2.68. The summed E-state index contributed by atoms with van der Waals surface area (Å²) in [4.78, 5) is 23.2. The maximum atomic E-state index is 12.2. The molecule has 1 aromatic rings. The van der Waals surface area contributed by atoms with Gasteiger partial charge in [0, 0.05) is 18.2 Å². The van der Waals surface area contributed by atoms with E-state index in [0.717, 1.165) is 37.8 Å². The van der Waals surface area contributed by atoms with Gasteiger partial charge in [0.2, 0.25) is 5.91 Å². The highest BCUT2D eigenvalue weighted by molar-refractivity contribution is 5.93. The molecule has 0 atom stereocenters. The van der Waals surface area contributed by atoms with Crippen molar-refractivity contribution in [3.05, 3.63) is 58.2 Å². The number of nitrogens with one attached hydrogen (secondary N) is 1. The van der Waals surface area contributed by atoms with Crippen LogP contribution in [0.4, 0.5) is 5.69 Å². The normalized spacial score (nSPS) is 21.0. The Balaban J connectivity index is 2.19. The van der Waals surface area contributed by atoms with Gasteiger partial charge in [0.1, 0.15) is 0 Å². The zero-order chi connectivity index (χ0) is 23.0. The predicted molar refractivity (Wildman–Crippen MR) is 127 cm³/mol. The number of hydrogen-bond donors (Lipinski definition) is 2. The number of aliphatic carboxylic acids is 1. The number of fused-ring (bicyclic) bond motifs is 2. The third-order valence-electron chi connectivity index (χ3n) is 6.83. The van der Waals surface area contributed by atoms with Crippen LogP contribution in [0.25, 0.3) is 5.57 Å². The fourth-order valence-electron chi connectivity index (χ4n) is 4.91. The van der Waals surface area contributed by atoms with E-state index < -0.39 is 5.97 Å². The lowest BCUT2D eigenvalue weighted by Crippen LogP contribution is -2.36. The van der Waals surface area contributed by atoms with Crippen molar-refractivity contribution in [1.29, 1.82) is 0 Å². The highest BCUT2D eigenvalue weighted by atomic mass is 16.4. The summed E-state index contributed by atoms with van der Waals surface area (Å²) in [6.07, 6.45) is 12.6. The Kier molecular flexibility index (Phi) is 6.31. The monoisotopic (exact) mass is 421 g/mol. The second-order valence-corrected chi connectivity index (χ2v) is 10.2. The number of carbonyl (C=O) groups is 2. The van der Waals surface area contributed by atoms with Crippen LogP contribution in [-0.4, -0.2) is 17.0 Å². The molecular formula is C27H35NO3. The number of benzene rings is 1. The van der Waals surface area contributed by atoms with Crippen molar-refractivity contribution in [2.45, 2.75) is 84.5 Å². The lowest BCUT2D eigenvalue weighted by atomic mass is 9.61. The molecule has 0 aliphatic heterocycles. The van der Waals surface area contributed by atoms with E-state index in [-0.39, 0.29) is 16.7 Å². The molecule has 0 fully saturated rings. The first-order valence-electron chi connectivity index (χ1n) is 11.2. The van der Waals surface area contributed by atoms with Crippen LogP contribution in [0.5, 0.6) is 0 Å². The Labute approximate surface area is 186 Å². The molecule has 4 nitrogen and oxygen atoms in total. The molecule has 0 unspecified atom stereocenters. The first kappa shape index (κ1) is 23.1. The molecule has 4 heteroatoms. The predicted octanol–water partition coefficient (Wildman–Crippen LogP) is 6.30. The Hall–Kier alpha value is -2.62. The summed E-state index contributed by atoms with van der Waals surface area (Å²) in [7, 11) is 0. The van der Waals surface area contributed by atoms with Gasteiger partial charge in [-0.2, -0.15) is 0 Å². The zero-order valence-corrected chi connectivity index (χ0v) is 19.7. The molecule has 1 aromatic carbocycles. The van der Waals surface area contributed by atoms with Gasteiger partial charge < -0.3 is 10.4 Å². The van der Waals surface area contributed by atoms with Crippen LogP contribution in [0, 0.1) is 0 Å². The summed E-state index contributed by atoms with van der Waals surface area (Å²) in [5.41, 5.74) is 7.74. The maximum absolute atomic E-state index is 12.2. The summed E-state index contributed by atoms with van der Waals surface area (Å²) in [6, 6.07) is 2.37. The number of allylic oxidation sites excluding steroid dienone is 5. The van der Waals surface area contributed by atoms with Crippen LogP contribution < -0.4 is 5.32 Å². The molecule has 3 rings (SSSR count). The minimum Gasteiger partial charge on any atom is -0.478 e. The summed E-state index contributed by atoms with van der Waals surface area (Å²) < 4.78 is 0. The quantitative estimate of drug-likeness (QED) is 0.443. The number of carbonyl (C=O) groups excluding carboxylic acids is 1. The summed E-state index contributed by atoms with van der Waals surface area (Å²) in [5.74, 6) is -0.934. The Morgan fingerprint density at radius 2 is 1.71 bits per heavy atom. The second-order valence-electron chi connectivity index (χ2n) is 10.2. The SMILES string of the molecule is CC(=O)Nc1c2c(cc3c1C(C)(C)CCC3(C)C)/C(=C\C=CC=C(C)C(=O)O)CCC2. The molecule has 2 aliphatic carbocycles. The number of amides is 1. The van der Waals surface area contributed by atoms with Gasteiger partial charge >= 0.3 is 5.97 Å². The van der Waals surface area contributed by atoms with Gasteiger partial charge in [0.15, 0.2) is 0 Å². The molecule has 0 spiro atoms. The summed E-state index contributed by atoms with van der Waals surface area (Å²) in [5, 5.41) is 12.2. The van der Waals surface area contributed by atoms with Crippen LogP contribution in [0.1, 0.15) is 89.5 Å². The molecular weight excluding hydrogens is 386 g/mol. The molecule has 0 saturated carbocycles. The van der Waals surface area contributed by atoms with E-state index in [1.807, 2.05) is 6.08 Å². The minimum absolute atomic E-state index is 0.0120. The van der Waals surface area contributed by atoms with Crippen LogP contribution in [0.15, 0.2) is 35.9 Å².